The van der Waals surface area contributed by atoms with Crippen molar-refractivity contribution in [2.45, 2.75) is 58.3 Å². The molecule has 0 radical (unpaired) electrons. The molecule has 1 nitrogen and oxygen atoms in total. The van der Waals surface area contributed by atoms with E-state index in [0.717, 1.165) is 41.7 Å². The van der Waals surface area contributed by atoms with Crippen LogP contribution in [0.5, 0.6) is 5.75 Å². The van der Waals surface area contributed by atoms with Gasteiger partial charge < -0.3 is 4.74 Å². The average Bonchev–Trinajstić information content (AvgIpc) is 2.68. The zero-order chi connectivity index (χ0) is 18.2. The number of halogens is 1. The van der Waals surface area contributed by atoms with Crippen LogP contribution in [0.1, 0.15) is 58.3 Å². The number of rotatable bonds is 8. The topological polar surface area (TPSA) is 9.23 Å². The van der Waals surface area contributed by atoms with E-state index in [1.165, 1.54) is 57.1 Å². The van der Waals surface area contributed by atoms with Gasteiger partial charge in [0.05, 0.1) is 6.61 Å². The molecule has 0 heterocycles. The monoisotopic (exact) mass is 354 g/mol. The molecule has 2 aromatic rings. The molecule has 0 aliphatic heterocycles. The van der Waals surface area contributed by atoms with Gasteiger partial charge in [-0.25, -0.2) is 4.39 Å². The molecular weight excluding hydrogens is 323 g/mol. The van der Waals surface area contributed by atoms with Crippen molar-refractivity contribution in [2.24, 2.45) is 11.8 Å². The second-order valence-electron chi connectivity index (χ2n) is 7.70. The Morgan fingerprint density at radius 1 is 0.808 bits per heavy atom. The lowest BCUT2D eigenvalue weighted by atomic mass is 9.78. The fraction of sp³-hybridized carbons (Fsp3) is 0.500. The van der Waals surface area contributed by atoms with E-state index in [4.69, 9.17) is 4.74 Å². The van der Waals surface area contributed by atoms with Crippen molar-refractivity contribution >= 4 is 0 Å². The third kappa shape index (κ3) is 5.59. The Labute approximate surface area is 157 Å². The van der Waals surface area contributed by atoms with Crippen LogP contribution >= 0.6 is 0 Å². The minimum Gasteiger partial charge on any atom is -0.494 e. The quantitative estimate of drug-likeness (QED) is 0.453. The van der Waals surface area contributed by atoms with Gasteiger partial charge in [0.1, 0.15) is 11.6 Å². The van der Waals surface area contributed by atoms with Crippen molar-refractivity contribution in [3.05, 3.63) is 54.3 Å². The lowest BCUT2D eigenvalue weighted by molar-refractivity contribution is 0.230. The minimum absolute atomic E-state index is 0.201. The molecule has 1 saturated carbocycles. The number of hydrogen-bond acceptors (Lipinski definition) is 1. The lowest BCUT2D eigenvalue weighted by Gasteiger charge is -2.28. The fourth-order valence-electron chi connectivity index (χ4n) is 4.17. The third-order valence-electron chi connectivity index (χ3n) is 5.72. The molecule has 26 heavy (non-hydrogen) atoms. The van der Waals surface area contributed by atoms with Crippen molar-refractivity contribution in [1.29, 1.82) is 0 Å². The first-order valence-electron chi connectivity index (χ1n) is 10.2. The summed E-state index contributed by atoms with van der Waals surface area (Å²) in [6.45, 7) is 3.10. The van der Waals surface area contributed by atoms with Crippen LogP contribution in [0.2, 0.25) is 0 Å². The molecule has 0 amide bonds. The Morgan fingerprint density at radius 2 is 1.35 bits per heavy atom. The predicted octanol–water partition coefficient (Wildman–Crippen LogP) is 7.26. The molecule has 2 heteroatoms. The predicted molar refractivity (Wildman–Crippen MR) is 107 cm³/mol. The minimum atomic E-state index is -0.201. The van der Waals surface area contributed by atoms with Crippen LogP contribution in [-0.2, 0) is 0 Å². The Hall–Kier alpha value is -1.83. The molecule has 1 aliphatic rings. The summed E-state index contributed by atoms with van der Waals surface area (Å²) in [5, 5.41) is 0. The maximum Gasteiger partial charge on any atom is 0.123 e. The van der Waals surface area contributed by atoms with Crippen LogP contribution < -0.4 is 4.74 Å². The first-order chi connectivity index (χ1) is 12.7. The average molecular weight is 355 g/mol. The van der Waals surface area contributed by atoms with E-state index in [0.29, 0.717) is 0 Å². The summed E-state index contributed by atoms with van der Waals surface area (Å²) in [4.78, 5) is 0. The van der Waals surface area contributed by atoms with Gasteiger partial charge in [0.2, 0.25) is 0 Å². The van der Waals surface area contributed by atoms with E-state index in [9.17, 15) is 4.39 Å². The largest absolute Gasteiger partial charge is 0.494 e. The molecule has 0 bridgehead atoms. The Morgan fingerprint density at radius 3 is 1.92 bits per heavy atom. The maximum atomic E-state index is 13.0. The first-order valence-corrected chi connectivity index (χ1v) is 10.2. The van der Waals surface area contributed by atoms with Crippen molar-refractivity contribution in [1.82, 2.24) is 0 Å². The summed E-state index contributed by atoms with van der Waals surface area (Å²) in [6, 6.07) is 14.7. The van der Waals surface area contributed by atoms with Crippen LogP contribution in [0.15, 0.2) is 48.5 Å². The van der Waals surface area contributed by atoms with Crippen molar-refractivity contribution in [2.75, 3.05) is 6.61 Å². The summed E-state index contributed by atoms with van der Waals surface area (Å²) in [7, 11) is 0. The van der Waals surface area contributed by atoms with Gasteiger partial charge in [-0.1, -0.05) is 69.7 Å². The molecule has 1 fully saturated rings. The first kappa shape index (κ1) is 18.9. The molecule has 140 valence electrons. The van der Waals surface area contributed by atoms with Crippen LogP contribution in [0.3, 0.4) is 0 Å². The molecule has 0 saturated heterocycles. The van der Waals surface area contributed by atoms with Crippen LogP contribution in [0.4, 0.5) is 4.39 Å². The van der Waals surface area contributed by atoms with Gasteiger partial charge in [-0.15, -0.1) is 0 Å². The Balaban J connectivity index is 1.37. The number of hydrogen-bond donors (Lipinski definition) is 0. The zero-order valence-electron chi connectivity index (χ0n) is 15.9. The van der Waals surface area contributed by atoms with Gasteiger partial charge in [0.15, 0.2) is 0 Å². The molecule has 0 spiro atoms. The van der Waals surface area contributed by atoms with Gasteiger partial charge in [0.25, 0.3) is 0 Å². The zero-order valence-corrected chi connectivity index (χ0v) is 15.9. The van der Waals surface area contributed by atoms with E-state index in [2.05, 4.69) is 6.92 Å². The molecule has 0 aromatic heterocycles. The summed E-state index contributed by atoms with van der Waals surface area (Å²) < 4.78 is 18.9. The molecular formula is C24H31FO. The number of ether oxygens (including phenoxy) is 1. The SMILES string of the molecule is CCCC1CCC(CCCOc2ccc(-c3ccc(F)cc3)cc2)CC1. The summed E-state index contributed by atoms with van der Waals surface area (Å²) in [6.07, 6.45) is 10.9. The highest BCUT2D eigenvalue weighted by Gasteiger charge is 2.20. The smallest absolute Gasteiger partial charge is 0.123 e. The molecule has 0 unspecified atom stereocenters. The molecule has 1 aliphatic carbocycles. The van der Waals surface area contributed by atoms with E-state index >= 15 is 0 Å². The normalized spacial score (nSPS) is 20.1. The van der Waals surface area contributed by atoms with Crippen molar-refractivity contribution in [3.63, 3.8) is 0 Å². The van der Waals surface area contributed by atoms with Crippen molar-refractivity contribution < 1.29 is 9.13 Å². The highest BCUT2D eigenvalue weighted by molar-refractivity contribution is 5.63. The summed E-state index contributed by atoms with van der Waals surface area (Å²) >= 11 is 0. The number of benzene rings is 2. The lowest BCUT2D eigenvalue weighted by Crippen LogP contribution is -2.15. The third-order valence-corrected chi connectivity index (χ3v) is 5.72. The van der Waals surface area contributed by atoms with Gasteiger partial charge >= 0.3 is 0 Å². The fourth-order valence-corrected chi connectivity index (χ4v) is 4.17. The molecule has 2 aromatic carbocycles. The highest BCUT2D eigenvalue weighted by atomic mass is 19.1. The summed E-state index contributed by atoms with van der Waals surface area (Å²) in [5.41, 5.74) is 2.11. The molecule has 0 atom stereocenters. The summed E-state index contributed by atoms with van der Waals surface area (Å²) in [5.74, 6) is 2.62. The molecule has 3 rings (SSSR count). The van der Waals surface area contributed by atoms with E-state index in [-0.39, 0.29) is 5.82 Å². The van der Waals surface area contributed by atoms with Gasteiger partial charge in [-0.2, -0.15) is 0 Å². The van der Waals surface area contributed by atoms with Crippen molar-refractivity contribution in [3.8, 4) is 16.9 Å². The second-order valence-corrected chi connectivity index (χ2v) is 7.70. The Bertz CT molecular complexity index is 639. The maximum absolute atomic E-state index is 13.0. The highest BCUT2D eigenvalue weighted by Crippen LogP contribution is 2.33. The van der Waals surface area contributed by atoms with Gasteiger partial charge in [-0.05, 0) is 60.1 Å². The molecule has 0 N–H and O–H groups in total. The van der Waals surface area contributed by atoms with Gasteiger partial charge in [0, 0.05) is 0 Å². The Kier molecular flexibility index (Phi) is 7.11. The van der Waals surface area contributed by atoms with Gasteiger partial charge in [-0.3, -0.25) is 0 Å². The van der Waals surface area contributed by atoms with Crippen LogP contribution in [0.25, 0.3) is 11.1 Å². The standard InChI is InChI=1S/C24H31FO/c1-2-4-19-6-8-20(9-7-19)5-3-18-26-24-16-12-22(13-17-24)21-10-14-23(25)15-11-21/h10-17,19-20H,2-9,18H2,1H3. The van der Waals surface area contributed by atoms with Crippen LogP contribution in [-0.4, -0.2) is 6.61 Å². The van der Waals surface area contributed by atoms with E-state index in [1.807, 2.05) is 24.3 Å². The van der Waals surface area contributed by atoms with Crippen LogP contribution in [0, 0.1) is 17.7 Å². The van der Waals surface area contributed by atoms with E-state index in [1.54, 1.807) is 12.1 Å². The van der Waals surface area contributed by atoms with E-state index < -0.39 is 0 Å². The second kappa shape index (κ2) is 9.75.